The molecule has 0 aromatic heterocycles. The molecule has 0 saturated heterocycles. The summed E-state index contributed by atoms with van der Waals surface area (Å²) in [6.45, 7) is 6.30. The topological polar surface area (TPSA) is 67.8 Å². The van der Waals surface area contributed by atoms with Gasteiger partial charge in [-0.3, -0.25) is 4.79 Å². The van der Waals surface area contributed by atoms with Gasteiger partial charge in [-0.15, -0.1) is 0 Å². The van der Waals surface area contributed by atoms with Gasteiger partial charge in [0.05, 0.1) is 21.7 Å². The zero-order valence-electron chi connectivity index (χ0n) is 17.7. The van der Waals surface area contributed by atoms with E-state index in [-0.39, 0.29) is 27.3 Å². The summed E-state index contributed by atoms with van der Waals surface area (Å²) >= 11 is 12.0. The van der Waals surface area contributed by atoms with Crippen LogP contribution in [0, 0.1) is 16.2 Å². The van der Waals surface area contributed by atoms with Gasteiger partial charge in [-0.2, -0.15) is 0 Å². The fourth-order valence-electron chi connectivity index (χ4n) is 5.10. The van der Waals surface area contributed by atoms with Gasteiger partial charge in [0.15, 0.2) is 0 Å². The van der Waals surface area contributed by atoms with E-state index < -0.39 is 11.4 Å². The molecule has 1 N–H and O–H groups in total. The summed E-state index contributed by atoms with van der Waals surface area (Å²) in [7, 11) is 0. The quantitative estimate of drug-likeness (QED) is 0.427. The first-order chi connectivity index (χ1) is 14.6. The Labute approximate surface area is 191 Å². The van der Waals surface area contributed by atoms with Crippen LogP contribution in [0.4, 0.5) is 5.69 Å². The summed E-state index contributed by atoms with van der Waals surface area (Å²) in [4.78, 5) is 31.2. The number of carbonyl (C=O) groups excluding carboxylic acids is 2. The summed E-state index contributed by atoms with van der Waals surface area (Å²) in [6.07, 6.45) is 1.99. The van der Waals surface area contributed by atoms with E-state index in [1.54, 1.807) is 6.07 Å². The first kappa shape index (κ1) is 21.8. The molecule has 0 heterocycles. The Bertz CT molecular complexity index is 1080. The minimum absolute atomic E-state index is 0.0234. The van der Waals surface area contributed by atoms with E-state index in [2.05, 4.69) is 31.2 Å². The number of benzene rings is 2. The first-order valence-electron chi connectivity index (χ1n) is 10.2. The van der Waals surface area contributed by atoms with Gasteiger partial charge in [-0.25, -0.2) is 4.79 Å². The van der Waals surface area contributed by atoms with E-state index in [9.17, 15) is 9.59 Å². The number of anilines is 1. The maximum Gasteiger partial charge on any atom is 0.367 e. The van der Waals surface area contributed by atoms with Crippen LogP contribution in [0.2, 0.25) is 10.0 Å². The lowest BCUT2D eigenvalue weighted by atomic mass is 9.64. The molecule has 1 amide bonds. The van der Waals surface area contributed by atoms with Crippen molar-refractivity contribution >= 4 is 46.5 Å². The second kappa shape index (κ2) is 7.64. The number of nitrogens with zero attached hydrogens (tertiary/aromatic N) is 1. The van der Waals surface area contributed by atoms with Crippen molar-refractivity contribution in [1.29, 1.82) is 0 Å². The van der Waals surface area contributed by atoms with Gasteiger partial charge in [0.1, 0.15) is 0 Å². The van der Waals surface area contributed by atoms with Gasteiger partial charge in [-0.05, 0) is 48.6 Å². The molecule has 2 aromatic rings. The average Bonchev–Trinajstić information content (AvgIpc) is 3.03. The van der Waals surface area contributed by atoms with E-state index in [1.165, 1.54) is 12.1 Å². The fraction of sp³-hybridized carbons (Fsp3) is 0.375. The van der Waals surface area contributed by atoms with Crippen LogP contribution >= 0.6 is 23.2 Å². The third kappa shape index (κ3) is 3.35. The van der Waals surface area contributed by atoms with Crippen LogP contribution in [-0.2, 0) is 9.63 Å². The molecular formula is C24H24Cl2N2O3. The molecule has 162 valence electrons. The number of nitrogens with one attached hydrogen (secondary N) is 1. The minimum Gasteiger partial charge on any atom is -0.326 e. The van der Waals surface area contributed by atoms with Crippen molar-refractivity contribution in [1.82, 2.24) is 0 Å². The molecule has 31 heavy (non-hydrogen) atoms. The van der Waals surface area contributed by atoms with Crippen molar-refractivity contribution in [3.8, 4) is 0 Å². The number of amides is 1. The molecule has 2 atom stereocenters. The zero-order valence-corrected chi connectivity index (χ0v) is 19.2. The van der Waals surface area contributed by atoms with E-state index in [4.69, 9.17) is 28.0 Å². The predicted octanol–water partition coefficient (Wildman–Crippen LogP) is 6.36. The third-order valence-corrected chi connectivity index (χ3v) is 8.14. The molecule has 5 nitrogen and oxygen atoms in total. The molecular weight excluding hydrogens is 435 g/mol. The summed E-state index contributed by atoms with van der Waals surface area (Å²) in [5.41, 5.74) is 0.346. The summed E-state index contributed by atoms with van der Waals surface area (Å²) < 4.78 is 0. The second-order valence-electron chi connectivity index (χ2n) is 9.08. The molecule has 2 saturated carbocycles. The van der Waals surface area contributed by atoms with E-state index in [0.717, 1.165) is 24.2 Å². The highest BCUT2D eigenvalue weighted by molar-refractivity contribution is 6.36. The number of rotatable bonds is 4. The van der Waals surface area contributed by atoms with Crippen molar-refractivity contribution in [2.24, 2.45) is 21.4 Å². The number of fused-ring (bicyclic) bond motifs is 2. The van der Waals surface area contributed by atoms with Crippen LogP contribution < -0.4 is 5.32 Å². The largest absolute Gasteiger partial charge is 0.367 e. The van der Waals surface area contributed by atoms with Crippen molar-refractivity contribution in [3.05, 3.63) is 64.1 Å². The van der Waals surface area contributed by atoms with E-state index in [0.29, 0.717) is 11.4 Å². The van der Waals surface area contributed by atoms with Crippen molar-refractivity contribution in [2.75, 3.05) is 5.32 Å². The number of para-hydroxylation sites is 1. The van der Waals surface area contributed by atoms with Gasteiger partial charge < -0.3 is 10.2 Å². The van der Waals surface area contributed by atoms with Gasteiger partial charge in [0.25, 0.3) is 0 Å². The van der Waals surface area contributed by atoms with Crippen molar-refractivity contribution in [2.45, 2.75) is 40.0 Å². The van der Waals surface area contributed by atoms with Crippen molar-refractivity contribution in [3.63, 3.8) is 0 Å². The molecule has 0 spiro atoms. The molecule has 7 heteroatoms. The van der Waals surface area contributed by atoms with Crippen LogP contribution in [0.3, 0.4) is 0 Å². The SMILES string of the molecule is CC12CCC(C(=O)Nc3ccccc3)(C/C1=N\OC(=O)c1ccc(Cl)cc1Cl)C2(C)C. The van der Waals surface area contributed by atoms with E-state index in [1.807, 2.05) is 30.3 Å². The Hall–Kier alpha value is -2.37. The average molecular weight is 459 g/mol. The smallest absolute Gasteiger partial charge is 0.326 e. The Balaban J connectivity index is 1.59. The molecule has 2 bridgehead atoms. The lowest BCUT2D eigenvalue weighted by Crippen LogP contribution is -2.43. The predicted molar refractivity (Wildman–Crippen MR) is 123 cm³/mol. The van der Waals surface area contributed by atoms with Crippen molar-refractivity contribution < 1.29 is 14.4 Å². The standard InChI is InChI=1S/C24H24Cl2N2O3/c1-22(2)23(3)11-12-24(22,21(30)27-16-7-5-4-6-8-16)14-19(23)28-31-20(29)17-10-9-15(25)13-18(17)26/h4-10,13H,11-12,14H2,1-3H3,(H,27,30)/b28-19+. The second-order valence-corrected chi connectivity index (χ2v) is 9.92. The van der Waals surface area contributed by atoms with Crippen LogP contribution in [0.25, 0.3) is 0 Å². The van der Waals surface area contributed by atoms with Gasteiger partial charge >= 0.3 is 5.97 Å². The van der Waals surface area contributed by atoms with Crippen LogP contribution in [0.5, 0.6) is 0 Å². The molecule has 2 unspecified atom stereocenters. The van der Waals surface area contributed by atoms with Crippen LogP contribution in [0.15, 0.2) is 53.7 Å². The number of hydrogen-bond acceptors (Lipinski definition) is 4. The highest BCUT2D eigenvalue weighted by Crippen LogP contribution is 2.71. The highest BCUT2D eigenvalue weighted by atomic mass is 35.5. The number of hydrogen-bond donors (Lipinski definition) is 1. The zero-order chi connectivity index (χ0) is 22.4. The number of halogens is 2. The van der Waals surface area contributed by atoms with Gasteiger partial charge in [0, 0.05) is 22.5 Å². The Morgan fingerprint density at radius 3 is 2.42 bits per heavy atom. The lowest BCUT2D eigenvalue weighted by molar-refractivity contribution is -0.130. The summed E-state index contributed by atoms with van der Waals surface area (Å²) in [5, 5.41) is 7.95. The summed E-state index contributed by atoms with van der Waals surface area (Å²) in [5.74, 6) is -0.675. The Morgan fingerprint density at radius 2 is 1.74 bits per heavy atom. The fourth-order valence-corrected chi connectivity index (χ4v) is 5.58. The van der Waals surface area contributed by atoms with Gasteiger partial charge in [0.2, 0.25) is 5.91 Å². The molecule has 4 rings (SSSR count). The Morgan fingerprint density at radius 1 is 1.03 bits per heavy atom. The third-order valence-electron chi connectivity index (χ3n) is 7.59. The maximum atomic E-state index is 13.4. The monoisotopic (exact) mass is 458 g/mol. The lowest BCUT2D eigenvalue weighted by Gasteiger charge is -2.39. The Kier molecular flexibility index (Phi) is 5.39. The van der Waals surface area contributed by atoms with Gasteiger partial charge in [-0.1, -0.05) is 67.3 Å². The molecule has 0 radical (unpaired) electrons. The molecule has 2 aliphatic carbocycles. The molecule has 2 fully saturated rings. The number of oxime groups is 1. The maximum absolute atomic E-state index is 13.4. The molecule has 0 aliphatic heterocycles. The highest BCUT2D eigenvalue weighted by Gasteiger charge is 2.71. The normalized spacial score (nSPS) is 27.3. The van der Waals surface area contributed by atoms with Crippen LogP contribution in [0.1, 0.15) is 50.4 Å². The molecule has 2 aliphatic rings. The first-order valence-corrected chi connectivity index (χ1v) is 11.0. The van der Waals surface area contributed by atoms with E-state index >= 15 is 0 Å². The summed E-state index contributed by atoms with van der Waals surface area (Å²) in [6, 6.07) is 14.0. The molecule has 2 aromatic carbocycles. The van der Waals surface area contributed by atoms with Crippen LogP contribution in [-0.4, -0.2) is 17.6 Å². The minimum atomic E-state index is -0.652. The number of carbonyl (C=O) groups is 2.